The SMILES string of the molecule is BrCCCOCCBr. The highest BCUT2D eigenvalue weighted by atomic mass is 79.9. The lowest BCUT2D eigenvalue weighted by atomic mass is 10.5. The fourth-order valence-corrected chi connectivity index (χ4v) is 0.771. The topological polar surface area (TPSA) is 9.23 Å². The van der Waals surface area contributed by atoms with Gasteiger partial charge in [0.05, 0.1) is 6.61 Å². The van der Waals surface area contributed by atoms with Crippen molar-refractivity contribution in [1.29, 1.82) is 0 Å². The average molecular weight is 246 g/mol. The Hall–Kier alpha value is 0.920. The van der Waals surface area contributed by atoms with Crippen LogP contribution < -0.4 is 0 Å². The second kappa shape index (κ2) is 7.92. The standard InChI is InChI=1S/C5H10Br2O/c6-2-1-4-8-5-3-7/h1-5H2. The van der Waals surface area contributed by atoms with Crippen LogP contribution in [0.5, 0.6) is 0 Å². The van der Waals surface area contributed by atoms with Crippen LogP contribution >= 0.6 is 31.9 Å². The zero-order valence-electron chi connectivity index (χ0n) is 4.70. The van der Waals surface area contributed by atoms with E-state index in [9.17, 15) is 0 Å². The van der Waals surface area contributed by atoms with Gasteiger partial charge in [-0.25, -0.2) is 0 Å². The van der Waals surface area contributed by atoms with Gasteiger partial charge >= 0.3 is 0 Å². The molecular formula is C5H10Br2O. The molecule has 0 N–H and O–H groups in total. The maximum absolute atomic E-state index is 5.15. The van der Waals surface area contributed by atoms with Crippen molar-refractivity contribution in [2.45, 2.75) is 6.42 Å². The number of alkyl halides is 2. The van der Waals surface area contributed by atoms with Gasteiger partial charge in [0.1, 0.15) is 0 Å². The van der Waals surface area contributed by atoms with Crippen molar-refractivity contribution in [3.05, 3.63) is 0 Å². The summed E-state index contributed by atoms with van der Waals surface area (Å²) in [6.45, 7) is 1.70. The predicted molar refractivity (Wildman–Crippen MR) is 43.0 cm³/mol. The Bertz CT molecular complexity index is 35.4. The van der Waals surface area contributed by atoms with Gasteiger partial charge in [-0.2, -0.15) is 0 Å². The van der Waals surface area contributed by atoms with Crippen molar-refractivity contribution < 1.29 is 4.74 Å². The molecule has 8 heavy (non-hydrogen) atoms. The summed E-state index contributed by atoms with van der Waals surface area (Å²) < 4.78 is 5.15. The summed E-state index contributed by atoms with van der Waals surface area (Å²) in [6.07, 6.45) is 1.10. The first-order chi connectivity index (χ1) is 3.91. The van der Waals surface area contributed by atoms with Crippen LogP contribution in [0, 0.1) is 0 Å². The monoisotopic (exact) mass is 244 g/mol. The van der Waals surface area contributed by atoms with Crippen molar-refractivity contribution in [2.24, 2.45) is 0 Å². The number of hydrogen-bond donors (Lipinski definition) is 0. The first kappa shape index (κ1) is 8.92. The zero-order valence-corrected chi connectivity index (χ0v) is 7.87. The minimum atomic E-state index is 0.826. The van der Waals surface area contributed by atoms with E-state index < -0.39 is 0 Å². The minimum absolute atomic E-state index is 0.826. The van der Waals surface area contributed by atoms with Crippen LogP contribution in [0.25, 0.3) is 0 Å². The van der Waals surface area contributed by atoms with Gasteiger partial charge in [-0.15, -0.1) is 0 Å². The summed E-state index contributed by atoms with van der Waals surface area (Å²) >= 11 is 6.57. The Balaban J connectivity index is 2.53. The molecule has 0 radical (unpaired) electrons. The molecule has 0 saturated carbocycles. The van der Waals surface area contributed by atoms with Crippen molar-refractivity contribution >= 4 is 31.9 Å². The van der Waals surface area contributed by atoms with Gasteiger partial charge in [0.25, 0.3) is 0 Å². The highest BCUT2D eigenvalue weighted by Crippen LogP contribution is 1.89. The Morgan fingerprint density at radius 2 is 1.75 bits per heavy atom. The number of halogens is 2. The van der Waals surface area contributed by atoms with Crippen molar-refractivity contribution in [3.63, 3.8) is 0 Å². The lowest BCUT2D eigenvalue weighted by Gasteiger charge is -1.96. The molecule has 0 rings (SSSR count). The maximum Gasteiger partial charge on any atom is 0.0563 e. The Kier molecular flexibility index (Phi) is 8.83. The van der Waals surface area contributed by atoms with E-state index in [1.165, 1.54) is 0 Å². The van der Waals surface area contributed by atoms with E-state index in [1.807, 2.05) is 0 Å². The van der Waals surface area contributed by atoms with E-state index in [0.29, 0.717) is 0 Å². The van der Waals surface area contributed by atoms with Crippen LogP contribution in [0.1, 0.15) is 6.42 Å². The summed E-state index contributed by atoms with van der Waals surface area (Å²) in [5.74, 6) is 0. The molecule has 0 atom stereocenters. The van der Waals surface area contributed by atoms with Crippen molar-refractivity contribution in [2.75, 3.05) is 23.9 Å². The molecule has 0 bridgehead atoms. The van der Waals surface area contributed by atoms with Crippen LogP contribution in [0.3, 0.4) is 0 Å². The van der Waals surface area contributed by atoms with Crippen LogP contribution in [0.2, 0.25) is 0 Å². The van der Waals surface area contributed by atoms with E-state index in [2.05, 4.69) is 31.9 Å². The number of rotatable bonds is 5. The van der Waals surface area contributed by atoms with Gasteiger partial charge in [0.15, 0.2) is 0 Å². The zero-order chi connectivity index (χ0) is 6.24. The van der Waals surface area contributed by atoms with Gasteiger partial charge in [-0.1, -0.05) is 31.9 Å². The van der Waals surface area contributed by atoms with Crippen LogP contribution in [-0.2, 0) is 4.74 Å². The average Bonchev–Trinajstić information content (AvgIpc) is 1.81. The molecule has 0 aromatic rings. The van der Waals surface area contributed by atoms with E-state index in [1.54, 1.807) is 0 Å². The Morgan fingerprint density at radius 1 is 1.00 bits per heavy atom. The normalized spacial score (nSPS) is 9.75. The summed E-state index contributed by atoms with van der Waals surface area (Å²) in [6, 6.07) is 0. The third-order valence-corrected chi connectivity index (χ3v) is 1.53. The first-order valence-electron chi connectivity index (χ1n) is 2.61. The van der Waals surface area contributed by atoms with Gasteiger partial charge in [-0.3, -0.25) is 0 Å². The van der Waals surface area contributed by atoms with Gasteiger partial charge in [0.2, 0.25) is 0 Å². The molecule has 0 unspecified atom stereocenters. The molecule has 0 heterocycles. The molecule has 0 amide bonds. The van der Waals surface area contributed by atoms with Gasteiger partial charge in [-0.05, 0) is 6.42 Å². The quantitative estimate of drug-likeness (QED) is 0.533. The van der Waals surface area contributed by atoms with Crippen molar-refractivity contribution in [3.8, 4) is 0 Å². The van der Waals surface area contributed by atoms with Crippen molar-refractivity contribution in [1.82, 2.24) is 0 Å². The first-order valence-corrected chi connectivity index (χ1v) is 4.85. The van der Waals surface area contributed by atoms with E-state index in [4.69, 9.17) is 4.74 Å². The molecule has 0 aromatic heterocycles. The Morgan fingerprint density at radius 3 is 2.25 bits per heavy atom. The van der Waals surface area contributed by atoms with Gasteiger partial charge in [0, 0.05) is 17.3 Å². The van der Waals surface area contributed by atoms with Crippen LogP contribution in [0.15, 0.2) is 0 Å². The smallest absolute Gasteiger partial charge is 0.0563 e. The lowest BCUT2D eigenvalue weighted by Crippen LogP contribution is -1.97. The fourth-order valence-electron chi connectivity index (χ4n) is 0.313. The molecule has 3 heteroatoms. The van der Waals surface area contributed by atoms with E-state index >= 15 is 0 Å². The second-order valence-corrected chi connectivity index (χ2v) is 2.93. The third-order valence-electron chi connectivity index (χ3n) is 0.644. The molecular weight excluding hydrogens is 236 g/mol. The molecule has 0 aliphatic carbocycles. The lowest BCUT2D eigenvalue weighted by molar-refractivity contribution is 0.152. The third kappa shape index (κ3) is 6.92. The van der Waals surface area contributed by atoms with Gasteiger partial charge < -0.3 is 4.74 Å². The molecule has 0 saturated heterocycles. The largest absolute Gasteiger partial charge is 0.381 e. The number of ether oxygens (including phenoxy) is 1. The molecule has 0 aromatic carbocycles. The Labute approximate surface area is 67.0 Å². The molecule has 50 valence electrons. The summed E-state index contributed by atoms with van der Waals surface area (Å²) in [5.41, 5.74) is 0. The van der Waals surface area contributed by atoms with Crippen LogP contribution in [-0.4, -0.2) is 23.9 Å². The molecule has 0 fully saturated rings. The maximum atomic E-state index is 5.15. The highest BCUT2D eigenvalue weighted by Gasteiger charge is 1.83. The molecule has 0 spiro atoms. The minimum Gasteiger partial charge on any atom is -0.381 e. The van der Waals surface area contributed by atoms with Crippen LogP contribution in [0.4, 0.5) is 0 Å². The summed E-state index contributed by atoms with van der Waals surface area (Å²) in [7, 11) is 0. The molecule has 1 nitrogen and oxygen atoms in total. The highest BCUT2D eigenvalue weighted by molar-refractivity contribution is 9.09. The van der Waals surface area contributed by atoms with E-state index in [0.717, 1.165) is 30.3 Å². The van der Waals surface area contributed by atoms with E-state index in [-0.39, 0.29) is 0 Å². The summed E-state index contributed by atoms with van der Waals surface area (Å²) in [4.78, 5) is 0. The molecule has 0 aliphatic rings. The second-order valence-electron chi connectivity index (χ2n) is 1.34. The molecule has 0 aliphatic heterocycles. The summed E-state index contributed by atoms with van der Waals surface area (Å²) in [5, 5.41) is 1.98. The predicted octanol–water partition coefficient (Wildman–Crippen LogP) is 2.18. The number of hydrogen-bond acceptors (Lipinski definition) is 1. The fraction of sp³-hybridized carbons (Fsp3) is 1.00.